The van der Waals surface area contributed by atoms with Gasteiger partial charge in [-0.3, -0.25) is 9.69 Å². The zero-order valence-electron chi connectivity index (χ0n) is 18.2. The predicted molar refractivity (Wildman–Crippen MR) is 112 cm³/mol. The summed E-state index contributed by atoms with van der Waals surface area (Å²) in [6.07, 6.45) is 1.01. The molecule has 30 heavy (non-hydrogen) atoms. The molecule has 164 valence electrons. The number of carbonyl (C=O) groups is 1. The highest BCUT2D eigenvalue weighted by Crippen LogP contribution is 2.32. The summed E-state index contributed by atoms with van der Waals surface area (Å²) in [5.74, 6) is 2.15. The van der Waals surface area contributed by atoms with Gasteiger partial charge in [-0.2, -0.15) is 0 Å². The number of methoxy groups -OCH3 is 2. The van der Waals surface area contributed by atoms with Crippen LogP contribution >= 0.6 is 0 Å². The van der Waals surface area contributed by atoms with Gasteiger partial charge in [0.1, 0.15) is 5.76 Å². The van der Waals surface area contributed by atoms with E-state index in [1.165, 1.54) is 0 Å². The van der Waals surface area contributed by atoms with Gasteiger partial charge in [-0.1, -0.05) is 11.2 Å². The lowest BCUT2D eigenvalue weighted by Gasteiger charge is -2.35. The van der Waals surface area contributed by atoms with Crippen molar-refractivity contribution in [3.63, 3.8) is 0 Å². The average molecular weight is 418 g/mol. The van der Waals surface area contributed by atoms with Crippen LogP contribution in [0.25, 0.3) is 0 Å². The standard InChI is InChI=1S/C22H31N3O5/c1-15-18(16(2)30-24-15)6-8-22(26)23-14-19(25-9-11-29-12-10-25)17-5-7-20(27-3)21(13-17)28-4/h5,7,13,19H,6,8-12,14H2,1-4H3,(H,23,26). The summed E-state index contributed by atoms with van der Waals surface area (Å²) in [5, 5.41) is 7.05. The molecule has 2 aromatic rings. The Bertz CT molecular complexity index is 826. The molecular weight excluding hydrogens is 386 g/mol. The first kappa shape index (κ1) is 22.1. The third-order valence-electron chi connectivity index (χ3n) is 5.55. The molecule has 1 unspecified atom stereocenters. The molecule has 1 aromatic carbocycles. The fourth-order valence-electron chi connectivity index (χ4n) is 3.80. The van der Waals surface area contributed by atoms with E-state index in [0.717, 1.165) is 35.7 Å². The van der Waals surface area contributed by atoms with Crippen molar-refractivity contribution in [2.24, 2.45) is 0 Å². The van der Waals surface area contributed by atoms with Crippen LogP contribution in [-0.4, -0.2) is 63.0 Å². The number of benzene rings is 1. The summed E-state index contributed by atoms with van der Waals surface area (Å²) in [6, 6.07) is 5.93. The monoisotopic (exact) mass is 417 g/mol. The molecule has 1 fully saturated rings. The molecule has 0 aliphatic carbocycles. The quantitative estimate of drug-likeness (QED) is 0.671. The number of aromatic nitrogens is 1. The maximum Gasteiger partial charge on any atom is 0.220 e. The molecule has 8 nitrogen and oxygen atoms in total. The highest BCUT2D eigenvalue weighted by Gasteiger charge is 2.24. The molecule has 8 heteroatoms. The minimum absolute atomic E-state index is 0.00809. The van der Waals surface area contributed by atoms with E-state index in [1.54, 1.807) is 14.2 Å². The first-order valence-electron chi connectivity index (χ1n) is 10.3. The molecule has 0 spiro atoms. The lowest BCUT2D eigenvalue weighted by molar-refractivity contribution is -0.121. The summed E-state index contributed by atoms with van der Waals surface area (Å²) in [5.41, 5.74) is 2.92. The first-order chi connectivity index (χ1) is 14.5. The van der Waals surface area contributed by atoms with Gasteiger partial charge in [0.05, 0.1) is 39.2 Å². The van der Waals surface area contributed by atoms with E-state index in [1.807, 2.05) is 32.0 Å². The largest absolute Gasteiger partial charge is 0.493 e. The molecule has 1 aliphatic heterocycles. The third kappa shape index (κ3) is 5.31. The Morgan fingerprint density at radius 1 is 1.20 bits per heavy atom. The van der Waals surface area contributed by atoms with Crippen molar-refractivity contribution >= 4 is 5.91 Å². The lowest BCUT2D eigenvalue weighted by Crippen LogP contribution is -2.43. The minimum atomic E-state index is 0.00809. The van der Waals surface area contributed by atoms with Gasteiger partial charge in [-0.25, -0.2) is 0 Å². The Labute approximate surface area is 177 Å². The summed E-state index contributed by atoms with van der Waals surface area (Å²) < 4.78 is 21.5. The van der Waals surface area contributed by atoms with E-state index in [0.29, 0.717) is 44.1 Å². The van der Waals surface area contributed by atoms with E-state index in [-0.39, 0.29) is 11.9 Å². The molecule has 1 saturated heterocycles. The van der Waals surface area contributed by atoms with Crippen molar-refractivity contribution in [1.82, 2.24) is 15.4 Å². The Morgan fingerprint density at radius 2 is 1.93 bits per heavy atom. The number of hydrogen-bond donors (Lipinski definition) is 1. The van der Waals surface area contributed by atoms with Crippen LogP contribution in [0.15, 0.2) is 22.7 Å². The Hall–Kier alpha value is -2.58. The van der Waals surface area contributed by atoms with Gasteiger partial charge in [-0.05, 0) is 38.0 Å². The molecule has 3 rings (SSSR count). The second-order valence-corrected chi connectivity index (χ2v) is 7.39. The topological polar surface area (TPSA) is 86.1 Å². The van der Waals surface area contributed by atoms with Crippen molar-refractivity contribution in [1.29, 1.82) is 0 Å². The third-order valence-corrected chi connectivity index (χ3v) is 5.55. The predicted octanol–water partition coefficient (Wildman–Crippen LogP) is 2.43. The molecule has 1 aliphatic rings. The average Bonchev–Trinajstić information content (AvgIpc) is 3.10. The molecule has 1 amide bonds. The summed E-state index contributed by atoms with van der Waals surface area (Å²) >= 11 is 0. The van der Waals surface area contributed by atoms with Crippen LogP contribution < -0.4 is 14.8 Å². The van der Waals surface area contributed by atoms with Gasteiger partial charge < -0.3 is 24.1 Å². The van der Waals surface area contributed by atoms with Crippen LogP contribution in [0.3, 0.4) is 0 Å². The second kappa shape index (κ2) is 10.4. The zero-order chi connectivity index (χ0) is 21.5. The van der Waals surface area contributed by atoms with Crippen LogP contribution in [0.4, 0.5) is 0 Å². The van der Waals surface area contributed by atoms with Crippen LogP contribution in [0.2, 0.25) is 0 Å². The van der Waals surface area contributed by atoms with Crippen molar-refractivity contribution < 1.29 is 23.5 Å². The zero-order valence-corrected chi connectivity index (χ0v) is 18.2. The van der Waals surface area contributed by atoms with E-state index in [9.17, 15) is 4.79 Å². The van der Waals surface area contributed by atoms with Crippen LogP contribution in [0.5, 0.6) is 11.5 Å². The molecule has 2 heterocycles. The molecule has 0 bridgehead atoms. The molecule has 1 aromatic heterocycles. The second-order valence-electron chi connectivity index (χ2n) is 7.39. The van der Waals surface area contributed by atoms with E-state index < -0.39 is 0 Å². The number of ether oxygens (including phenoxy) is 3. The number of rotatable bonds is 9. The van der Waals surface area contributed by atoms with Gasteiger partial charge in [0.15, 0.2) is 11.5 Å². The highest BCUT2D eigenvalue weighted by atomic mass is 16.5. The molecule has 1 N–H and O–H groups in total. The summed E-state index contributed by atoms with van der Waals surface area (Å²) in [4.78, 5) is 14.9. The number of amides is 1. The van der Waals surface area contributed by atoms with E-state index in [4.69, 9.17) is 18.7 Å². The first-order valence-corrected chi connectivity index (χ1v) is 10.3. The number of morpholine rings is 1. The normalized spacial score (nSPS) is 15.6. The fourth-order valence-corrected chi connectivity index (χ4v) is 3.80. The van der Waals surface area contributed by atoms with Crippen molar-refractivity contribution in [3.05, 3.63) is 40.8 Å². The molecule has 0 saturated carbocycles. The van der Waals surface area contributed by atoms with Gasteiger partial charge >= 0.3 is 0 Å². The van der Waals surface area contributed by atoms with Crippen LogP contribution in [-0.2, 0) is 16.0 Å². The molecule has 0 radical (unpaired) electrons. The summed E-state index contributed by atoms with van der Waals surface area (Å²) in [6.45, 7) is 7.28. The lowest BCUT2D eigenvalue weighted by atomic mass is 10.0. The van der Waals surface area contributed by atoms with Crippen LogP contribution in [0.1, 0.15) is 35.0 Å². The van der Waals surface area contributed by atoms with E-state index >= 15 is 0 Å². The number of nitrogens with zero attached hydrogens (tertiary/aromatic N) is 2. The Balaban J connectivity index is 1.68. The van der Waals surface area contributed by atoms with E-state index in [2.05, 4.69) is 15.4 Å². The van der Waals surface area contributed by atoms with Gasteiger partial charge in [0.2, 0.25) is 5.91 Å². The van der Waals surface area contributed by atoms with Gasteiger partial charge in [0, 0.05) is 31.6 Å². The molecule has 1 atom stereocenters. The minimum Gasteiger partial charge on any atom is -0.493 e. The fraction of sp³-hybridized carbons (Fsp3) is 0.545. The van der Waals surface area contributed by atoms with Crippen LogP contribution in [0, 0.1) is 13.8 Å². The smallest absolute Gasteiger partial charge is 0.220 e. The Morgan fingerprint density at radius 3 is 2.57 bits per heavy atom. The molecular formula is C22H31N3O5. The van der Waals surface area contributed by atoms with Crippen molar-refractivity contribution in [3.8, 4) is 11.5 Å². The van der Waals surface area contributed by atoms with Crippen molar-refractivity contribution in [2.75, 3.05) is 47.1 Å². The number of carbonyl (C=O) groups excluding carboxylic acids is 1. The maximum atomic E-state index is 12.6. The summed E-state index contributed by atoms with van der Waals surface area (Å²) in [7, 11) is 3.25. The maximum absolute atomic E-state index is 12.6. The van der Waals surface area contributed by atoms with Gasteiger partial charge in [0.25, 0.3) is 0 Å². The SMILES string of the molecule is COc1ccc(C(CNC(=O)CCc2c(C)noc2C)N2CCOCC2)cc1OC. The highest BCUT2D eigenvalue weighted by molar-refractivity contribution is 5.76. The number of aryl methyl sites for hydroxylation is 2. The number of nitrogens with one attached hydrogen (secondary N) is 1. The van der Waals surface area contributed by atoms with Gasteiger partial charge in [-0.15, -0.1) is 0 Å². The number of hydrogen-bond acceptors (Lipinski definition) is 7. The Kier molecular flexibility index (Phi) is 7.70. The van der Waals surface area contributed by atoms with Crippen molar-refractivity contribution in [2.45, 2.75) is 32.7 Å².